The van der Waals surface area contributed by atoms with Gasteiger partial charge in [0.1, 0.15) is 0 Å². The van der Waals surface area contributed by atoms with Gasteiger partial charge in [0.05, 0.1) is 0 Å². The van der Waals surface area contributed by atoms with Crippen LogP contribution in [0.5, 0.6) is 0 Å². The van der Waals surface area contributed by atoms with E-state index in [0.717, 1.165) is 0 Å². The summed E-state index contributed by atoms with van der Waals surface area (Å²) in [5, 5.41) is 0. The Balaban J connectivity index is -0.0000000836. The SMILES string of the molecule is [CH-]1CCCC1.[H-].[Li+].[Zn+][Br]. The fourth-order valence-corrected chi connectivity index (χ4v) is 0.722. The van der Waals surface area contributed by atoms with Gasteiger partial charge in [0, 0.05) is 0 Å². The van der Waals surface area contributed by atoms with Gasteiger partial charge in [0.2, 0.25) is 0 Å². The maximum absolute atomic E-state index is 3.06. The van der Waals surface area contributed by atoms with Gasteiger partial charge in [-0.1, -0.05) is 12.8 Å². The Labute approximate surface area is 81.9 Å². The van der Waals surface area contributed by atoms with Gasteiger partial charge < -0.3 is 7.85 Å². The number of halogens is 1. The van der Waals surface area contributed by atoms with Crippen LogP contribution in [-0.4, -0.2) is 0 Å². The molecule has 8 heavy (non-hydrogen) atoms. The second-order valence-electron chi connectivity index (χ2n) is 1.57. The molecule has 1 fully saturated rings. The van der Waals surface area contributed by atoms with Crippen LogP contribution < -0.4 is 18.9 Å². The summed E-state index contributed by atoms with van der Waals surface area (Å²) >= 11 is 4.25. The minimum absolute atomic E-state index is 0. The Morgan fingerprint density at radius 1 is 1.25 bits per heavy atom. The molecule has 1 saturated carbocycles. The van der Waals surface area contributed by atoms with E-state index in [0.29, 0.717) is 0 Å². The number of rotatable bonds is 0. The Morgan fingerprint density at radius 2 is 1.62 bits per heavy atom. The monoisotopic (exact) mass is 220 g/mol. The molecule has 0 nitrogen and oxygen atoms in total. The molecule has 0 spiro atoms. The summed E-state index contributed by atoms with van der Waals surface area (Å²) in [6.45, 7) is 0. The molecule has 1 aliphatic rings. The van der Waals surface area contributed by atoms with E-state index in [9.17, 15) is 0 Å². The Kier molecular flexibility index (Phi) is 17.8. The van der Waals surface area contributed by atoms with Gasteiger partial charge in [-0.15, -0.1) is 0 Å². The van der Waals surface area contributed by atoms with E-state index in [-0.39, 0.29) is 20.3 Å². The van der Waals surface area contributed by atoms with Crippen molar-refractivity contribution >= 4 is 13.6 Å². The Hall–Kier alpha value is 1.70. The van der Waals surface area contributed by atoms with Crippen LogP contribution in [0.1, 0.15) is 27.1 Å². The molecular formula is C5H10BrLiZn. The van der Waals surface area contributed by atoms with Crippen LogP contribution in [0.2, 0.25) is 0 Å². The van der Waals surface area contributed by atoms with E-state index in [1.807, 2.05) is 0 Å². The normalized spacial score (nSPS) is 15.9. The van der Waals surface area contributed by atoms with Gasteiger partial charge in [-0.3, -0.25) is 0 Å². The fraction of sp³-hybridized carbons (Fsp3) is 0.800. The third-order valence-corrected chi connectivity index (χ3v) is 1.07. The topological polar surface area (TPSA) is 0 Å². The molecule has 0 aromatic heterocycles. The van der Waals surface area contributed by atoms with E-state index in [2.05, 4.69) is 20.0 Å². The molecule has 0 atom stereocenters. The van der Waals surface area contributed by atoms with Crippen LogP contribution in [0.4, 0.5) is 0 Å². The molecule has 0 aromatic carbocycles. The van der Waals surface area contributed by atoms with Crippen LogP contribution >= 0.6 is 13.6 Å². The molecule has 0 aromatic rings. The van der Waals surface area contributed by atoms with Crippen LogP contribution in [0.15, 0.2) is 0 Å². The third-order valence-electron chi connectivity index (χ3n) is 1.07. The Morgan fingerprint density at radius 3 is 1.75 bits per heavy atom. The van der Waals surface area contributed by atoms with Crippen molar-refractivity contribution in [1.29, 1.82) is 0 Å². The predicted octanol–water partition coefficient (Wildman–Crippen LogP) is -0.276. The van der Waals surface area contributed by atoms with Crippen LogP contribution in [0, 0.1) is 6.42 Å². The zero-order valence-corrected chi connectivity index (χ0v) is 10.0. The van der Waals surface area contributed by atoms with Gasteiger partial charge in [0.25, 0.3) is 0 Å². The summed E-state index contributed by atoms with van der Waals surface area (Å²) in [5.41, 5.74) is 0. The first-order chi connectivity index (χ1) is 3.50. The third kappa shape index (κ3) is 7.70. The second kappa shape index (κ2) is 11.5. The summed E-state index contributed by atoms with van der Waals surface area (Å²) in [5.74, 6) is 0. The molecule has 0 heterocycles. The summed E-state index contributed by atoms with van der Waals surface area (Å²) in [7, 11) is 0. The van der Waals surface area contributed by atoms with E-state index in [4.69, 9.17) is 0 Å². The molecule has 3 heteroatoms. The predicted molar refractivity (Wildman–Crippen MR) is 32.8 cm³/mol. The van der Waals surface area contributed by atoms with E-state index in [1.54, 1.807) is 0 Å². The standard InChI is InChI=1S/C5H9.BrH.Li.Zn.H/c1-2-4-5-3-1;;;;/h1H,2-5H2;1H;;;/q-1;;+1;+2;-1/p-1. The molecule has 1 aliphatic carbocycles. The van der Waals surface area contributed by atoms with Gasteiger partial charge >= 0.3 is 48.8 Å². The van der Waals surface area contributed by atoms with Gasteiger partial charge in [-0.25, -0.2) is 0 Å². The molecule has 0 bridgehead atoms. The molecule has 0 amide bonds. The van der Waals surface area contributed by atoms with Crippen molar-refractivity contribution in [2.24, 2.45) is 0 Å². The molecule has 0 unspecified atom stereocenters. The summed E-state index contributed by atoms with van der Waals surface area (Å²) in [6.07, 6.45) is 8.00. The molecule has 0 N–H and O–H groups in total. The van der Waals surface area contributed by atoms with Crippen LogP contribution in [-0.2, 0) is 16.3 Å². The van der Waals surface area contributed by atoms with Crippen molar-refractivity contribution in [2.75, 3.05) is 0 Å². The summed E-state index contributed by atoms with van der Waals surface area (Å²) in [6, 6.07) is 0. The average molecular weight is 222 g/mol. The number of hydrogen-bond acceptors (Lipinski definition) is 0. The summed E-state index contributed by atoms with van der Waals surface area (Å²) < 4.78 is 0. The quantitative estimate of drug-likeness (QED) is 0.391. The molecule has 0 radical (unpaired) electrons. The molecule has 0 aliphatic heterocycles. The van der Waals surface area contributed by atoms with Crippen molar-refractivity contribution in [3.05, 3.63) is 6.42 Å². The van der Waals surface area contributed by atoms with E-state index in [1.165, 1.54) is 42.0 Å². The van der Waals surface area contributed by atoms with Gasteiger partial charge in [-0.05, 0) is 0 Å². The first-order valence-corrected chi connectivity index (χ1v) is 9.53. The molecule has 40 valence electrons. The minimum atomic E-state index is 0. The van der Waals surface area contributed by atoms with Gasteiger partial charge in [-0.2, -0.15) is 12.8 Å². The summed E-state index contributed by atoms with van der Waals surface area (Å²) in [4.78, 5) is 0. The van der Waals surface area contributed by atoms with E-state index < -0.39 is 0 Å². The van der Waals surface area contributed by atoms with Crippen molar-refractivity contribution in [3.8, 4) is 0 Å². The number of hydrogen-bond donors (Lipinski definition) is 0. The van der Waals surface area contributed by atoms with Crippen molar-refractivity contribution in [1.82, 2.24) is 0 Å². The maximum atomic E-state index is 3.06. The van der Waals surface area contributed by atoms with Gasteiger partial charge in [0.15, 0.2) is 0 Å². The van der Waals surface area contributed by atoms with Crippen LogP contribution in [0.3, 0.4) is 0 Å². The van der Waals surface area contributed by atoms with E-state index >= 15 is 0 Å². The first kappa shape index (κ1) is 12.4. The second-order valence-corrected chi connectivity index (χ2v) is 1.57. The molecule has 1 rings (SSSR count). The molecule has 0 saturated heterocycles. The first-order valence-electron chi connectivity index (χ1n) is 2.58. The Bertz CT molecular complexity index is 28.5. The van der Waals surface area contributed by atoms with Crippen molar-refractivity contribution in [2.45, 2.75) is 25.7 Å². The average Bonchev–Trinajstić information content (AvgIpc) is 2.23. The molecular weight excluding hydrogens is 212 g/mol. The zero-order valence-electron chi connectivity index (χ0n) is 6.49. The zero-order chi connectivity index (χ0) is 5.54. The van der Waals surface area contributed by atoms with Crippen molar-refractivity contribution < 1.29 is 36.6 Å². The fourth-order valence-electron chi connectivity index (χ4n) is 0.722. The van der Waals surface area contributed by atoms with Crippen molar-refractivity contribution in [3.63, 3.8) is 0 Å². The van der Waals surface area contributed by atoms with Crippen LogP contribution in [0.25, 0.3) is 0 Å².